The molecule has 0 fully saturated rings. The Morgan fingerprint density at radius 2 is 1.93 bits per heavy atom. The molecule has 0 aliphatic rings. The summed E-state index contributed by atoms with van der Waals surface area (Å²) in [6.45, 7) is 2.96. The summed E-state index contributed by atoms with van der Waals surface area (Å²) in [5, 5.41) is 0.369. The number of carbonyl (C=O) groups excluding carboxylic acids is 2. The molecule has 10 heteroatoms. The second-order valence-corrected chi connectivity index (χ2v) is 8.04. The summed E-state index contributed by atoms with van der Waals surface area (Å²) in [5.41, 5.74) is 0.367. The van der Waals surface area contributed by atoms with Crippen LogP contribution in [0.2, 0.25) is 5.02 Å². The van der Waals surface area contributed by atoms with Crippen LogP contribution >= 0.6 is 11.6 Å². The molecular formula is C17H20ClN3O5S. The Morgan fingerprint density at radius 3 is 2.48 bits per heavy atom. The third kappa shape index (κ3) is 5.62. The first-order valence-corrected chi connectivity index (χ1v) is 9.95. The molecule has 0 saturated heterocycles. The number of aryl methyl sites for hydroxylation is 2. The van der Waals surface area contributed by atoms with Gasteiger partial charge in [0.2, 0.25) is 5.78 Å². The van der Waals surface area contributed by atoms with E-state index in [-0.39, 0.29) is 23.8 Å². The molecule has 0 spiro atoms. The van der Waals surface area contributed by atoms with E-state index in [1.807, 2.05) is 0 Å². The number of ketones is 1. The molecule has 8 nitrogen and oxygen atoms in total. The van der Waals surface area contributed by atoms with Crippen LogP contribution in [-0.2, 0) is 26.6 Å². The summed E-state index contributed by atoms with van der Waals surface area (Å²) >= 11 is 5.77. The second kappa shape index (κ2) is 8.64. The van der Waals surface area contributed by atoms with E-state index in [2.05, 4.69) is 9.71 Å². The van der Waals surface area contributed by atoms with Crippen LogP contribution in [0.3, 0.4) is 0 Å². The largest absolute Gasteiger partial charge is 0.454 e. The second-order valence-electron chi connectivity index (χ2n) is 5.89. The first kappa shape index (κ1) is 21.1. The van der Waals surface area contributed by atoms with Gasteiger partial charge in [0.25, 0.3) is 10.0 Å². The van der Waals surface area contributed by atoms with E-state index < -0.39 is 22.1 Å². The van der Waals surface area contributed by atoms with Crippen molar-refractivity contribution in [3.05, 3.63) is 46.9 Å². The Bertz CT molecular complexity index is 918. The van der Waals surface area contributed by atoms with Crippen LogP contribution < -0.4 is 4.72 Å². The first-order valence-electron chi connectivity index (χ1n) is 8.09. The Labute approximate surface area is 162 Å². The molecule has 0 aliphatic heterocycles. The number of halogens is 1. The summed E-state index contributed by atoms with van der Waals surface area (Å²) in [5.74, 6) is -0.515. The Morgan fingerprint density at radius 1 is 1.30 bits per heavy atom. The molecule has 1 N–H and O–H groups in total. The third-order valence-corrected chi connectivity index (χ3v) is 5.37. The molecule has 0 aliphatic carbocycles. The van der Waals surface area contributed by atoms with Crippen LogP contribution in [0.15, 0.2) is 35.5 Å². The van der Waals surface area contributed by atoms with Crippen LogP contribution in [0.1, 0.15) is 29.5 Å². The van der Waals surface area contributed by atoms with Crippen LogP contribution in [0.4, 0.5) is 0 Å². The zero-order valence-corrected chi connectivity index (χ0v) is 16.7. The van der Waals surface area contributed by atoms with Crippen molar-refractivity contribution < 1.29 is 22.7 Å². The monoisotopic (exact) mass is 413 g/mol. The lowest BCUT2D eigenvalue weighted by Crippen LogP contribution is -2.29. The summed E-state index contributed by atoms with van der Waals surface area (Å²) in [4.78, 5) is 28.0. The summed E-state index contributed by atoms with van der Waals surface area (Å²) < 4.78 is 33.2. The molecule has 2 aromatic rings. The lowest BCUT2D eigenvalue weighted by Gasteiger charge is -2.12. The zero-order valence-electron chi connectivity index (χ0n) is 15.1. The summed E-state index contributed by atoms with van der Waals surface area (Å²) in [7, 11) is -2.14. The van der Waals surface area contributed by atoms with Crippen molar-refractivity contribution in [2.45, 2.75) is 31.4 Å². The molecular weight excluding hydrogens is 394 g/mol. The normalized spacial score (nSPS) is 12.6. The van der Waals surface area contributed by atoms with Crippen LogP contribution in [-0.4, -0.2) is 42.4 Å². The van der Waals surface area contributed by atoms with E-state index in [0.717, 1.165) is 0 Å². The maximum atomic E-state index is 12.2. The molecule has 2 rings (SSSR count). The molecule has 0 amide bonds. The van der Waals surface area contributed by atoms with E-state index in [4.69, 9.17) is 16.3 Å². The number of nitrogens with one attached hydrogen (secondary N) is 1. The minimum atomic E-state index is -3.82. The van der Waals surface area contributed by atoms with Gasteiger partial charge in [-0.2, -0.15) is 0 Å². The number of Topliss-reactive ketones (excluding diaryl/α,β-unsaturated/α-hetero) is 1. The van der Waals surface area contributed by atoms with Gasteiger partial charge in [0.15, 0.2) is 11.1 Å². The van der Waals surface area contributed by atoms with E-state index in [1.54, 1.807) is 30.7 Å². The fraction of sp³-hybridized carbons (Fsp3) is 0.353. The minimum Gasteiger partial charge on any atom is -0.454 e. The number of rotatable bonds is 8. The van der Waals surface area contributed by atoms with Crippen LogP contribution in [0.5, 0.6) is 0 Å². The number of aromatic nitrogens is 2. The zero-order chi connectivity index (χ0) is 20.2. The number of esters is 1. The summed E-state index contributed by atoms with van der Waals surface area (Å²) in [6, 6.07) is 6.21. The highest BCUT2D eigenvalue weighted by Crippen LogP contribution is 2.13. The van der Waals surface area contributed by atoms with Gasteiger partial charge in [0.05, 0.1) is 6.42 Å². The predicted octanol–water partition coefficient (Wildman–Crippen LogP) is 1.86. The summed E-state index contributed by atoms with van der Waals surface area (Å²) in [6.07, 6.45) is 0.167. The van der Waals surface area contributed by atoms with Gasteiger partial charge < -0.3 is 9.30 Å². The Hall–Kier alpha value is -2.23. The van der Waals surface area contributed by atoms with Crippen molar-refractivity contribution in [1.82, 2.24) is 14.3 Å². The molecule has 0 unspecified atom stereocenters. The van der Waals surface area contributed by atoms with Gasteiger partial charge in [0.1, 0.15) is 5.82 Å². The number of ether oxygens (including phenoxy) is 1. The smallest absolute Gasteiger partial charge is 0.307 e. The molecule has 1 aromatic heterocycles. The van der Waals surface area contributed by atoms with Gasteiger partial charge in [-0.15, -0.1) is 0 Å². The van der Waals surface area contributed by atoms with Gasteiger partial charge >= 0.3 is 5.97 Å². The molecule has 1 aromatic carbocycles. The third-order valence-electron chi connectivity index (χ3n) is 3.79. The number of hydrogen-bond acceptors (Lipinski definition) is 6. The maximum Gasteiger partial charge on any atom is 0.307 e. The molecule has 1 atom stereocenters. The lowest BCUT2D eigenvalue weighted by molar-refractivity contribution is -0.146. The maximum absolute atomic E-state index is 12.2. The molecule has 1 heterocycles. The standard InChI is InChI=1S/C17H20ClN3O5S/c1-11(17(23)13-4-6-14(18)7-5-13)26-16(22)8-9-19-27(24,25)15-10-21(3)12(2)20-15/h4-7,10-11,19H,8-9H2,1-3H3/t11-/m1/s1. The Kier molecular flexibility index (Phi) is 6.74. The van der Waals surface area contributed by atoms with E-state index >= 15 is 0 Å². The average Bonchev–Trinajstić information content (AvgIpc) is 2.94. The van der Waals surface area contributed by atoms with Gasteiger partial charge in [-0.25, -0.2) is 18.1 Å². The lowest BCUT2D eigenvalue weighted by atomic mass is 10.1. The molecule has 0 radical (unpaired) electrons. The minimum absolute atomic E-state index is 0.123. The highest BCUT2D eigenvalue weighted by molar-refractivity contribution is 7.89. The van der Waals surface area contributed by atoms with Crippen molar-refractivity contribution in [3.63, 3.8) is 0 Å². The molecule has 146 valence electrons. The van der Waals surface area contributed by atoms with Crippen LogP contribution in [0.25, 0.3) is 0 Å². The van der Waals surface area contributed by atoms with Crippen molar-refractivity contribution in [1.29, 1.82) is 0 Å². The first-order chi connectivity index (χ1) is 12.6. The van der Waals surface area contributed by atoms with Crippen LogP contribution in [0, 0.1) is 6.92 Å². The average molecular weight is 414 g/mol. The fourth-order valence-corrected chi connectivity index (χ4v) is 3.37. The number of imidazole rings is 1. The molecule has 0 saturated carbocycles. The highest BCUT2D eigenvalue weighted by Gasteiger charge is 2.21. The number of benzene rings is 1. The number of nitrogens with zero attached hydrogens (tertiary/aromatic N) is 2. The van der Waals surface area contributed by atoms with Crippen molar-refractivity contribution in [3.8, 4) is 0 Å². The van der Waals surface area contributed by atoms with Crippen molar-refractivity contribution in [2.75, 3.05) is 6.54 Å². The van der Waals surface area contributed by atoms with E-state index in [1.165, 1.54) is 25.3 Å². The number of sulfonamides is 1. The van der Waals surface area contributed by atoms with E-state index in [0.29, 0.717) is 16.4 Å². The van der Waals surface area contributed by atoms with Gasteiger partial charge in [-0.1, -0.05) is 11.6 Å². The van der Waals surface area contributed by atoms with Gasteiger partial charge in [-0.05, 0) is 38.1 Å². The van der Waals surface area contributed by atoms with E-state index in [9.17, 15) is 18.0 Å². The van der Waals surface area contributed by atoms with Crippen molar-refractivity contribution in [2.24, 2.45) is 7.05 Å². The Balaban J connectivity index is 1.85. The fourth-order valence-electron chi connectivity index (χ4n) is 2.18. The molecule has 0 bridgehead atoms. The highest BCUT2D eigenvalue weighted by atomic mass is 35.5. The number of carbonyl (C=O) groups is 2. The number of hydrogen-bond donors (Lipinski definition) is 1. The van der Waals surface area contributed by atoms with Crippen molar-refractivity contribution >= 4 is 33.4 Å². The quantitative estimate of drug-likeness (QED) is 0.522. The van der Waals surface area contributed by atoms with Gasteiger partial charge in [-0.3, -0.25) is 9.59 Å². The van der Waals surface area contributed by atoms with Gasteiger partial charge in [0, 0.05) is 30.4 Å². The predicted molar refractivity (Wildman–Crippen MR) is 99.1 cm³/mol. The topological polar surface area (TPSA) is 107 Å². The SMILES string of the molecule is Cc1nc(S(=O)(=O)NCCC(=O)O[C@H](C)C(=O)c2ccc(Cl)cc2)cn1C. The molecule has 27 heavy (non-hydrogen) atoms.